The van der Waals surface area contributed by atoms with Crippen LogP contribution in [0.15, 0.2) is 60.0 Å². The molecule has 2 heterocycles. The Hall–Kier alpha value is -3.05. The first-order chi connectivity index (χ1) is 13.6. The van der Waals surface area contributed by atoms with Crippen LogP contribution in [0.1, 0.15) is 35.5 Å². The fourth-order valence-corrected chi connectivity index (χ4v) is 4.53. The summed E-state index contributed by atoms with van der Waals surface area (Å²) in [6, 6.07) is 17.9. The van der Waals surface area contributed by atoms with Gasteiger partial charge in [0.2, 0.25) is 5.13 Å². The molecule has 4 aromatic rings. The van der Waals surface area contributed by atoms with Crippen LogP contribution in [-0.2, 0) is 6.42 Å². The highest BCUT2D eigenvalue weighted by molar-refractivity contribution is 7.12. The van der Waals surface area contributed by atoms with Crippen molar-refractivity contribution in [2.45, 2.75) is 20.3 Å². The molecule has 0 N–H and O–H groups in total. The molecule has 1 aliphatic rings. The third kappa shape index (κ3) is 2.62. The molecule has 4 nitrogen and oxygen atoms in total. The molecule has 0 bridgehead atoms. The largest absolute Gasteiger partial charge is 0.288 e. The molecule has 2 aromatic heterocycles. The van der Waals surface area contributed by atoms with Crippen LogP contribution < -0.4 is 0 Å². The minimum atomic E-state index is 0.0762. The van der Waals surface area contributed by atoms with Gasteiger partial charge in [-0.05, 0) is 12.3 Å². The molecule has 0 saturated heterocycles. The second kappa shape index (κ2) is 6.53. The smallest absolute Gasteiger partial charge is 0.211 e. The summed E-state index contributed by atoms with van der Waals surface area (Å²) in [5.74, 6) is 0.493. The quantitative estimate of drug-likeness (QED) is 0.416. The first kappa shape index (κ1) is 17.1. The van der Waals surface area contributed by atoms with E-state index in [0.29, 0.717) is 5.92 Å². The topological polar surface area (TPSA) is 47.8 Å². The second-order valence-corrected chi connectivity index (χ2v) is 8.27. The van der Waals surface area contributed by atoms with Gasteiger partial charge in [-0.25, -0.2) is 9.67 Å². The van der Waals surface area contributed by atoms with Crippen LogP contribution in [0.25, 0.3) is 27.6 Å². The Bertz CT molecular complexity index is 1190. The van der Waals surface area contributed by atoms with Gasteiger partial charge in [0.15, 0.2) is 5.78 Å². The van der Waals surface area contributed by atoms with Crippen molar-refractivity contribution >= 4 is 17.1 Å². The minimum absolute atomic E-state index is 0.0762. The number of hydrogen-bond acceptors (Lipinski definition) is 4. The molecule has 0 unspecified atom stereocenters. The molecule has 0 amide bonds. The van der Waals surface area contributed by atoms with Gasteiger partial charge in [-0.15, -0.1) is 11.3 Å². The average Bonchev–Trinajstić information content (AvgIpc) is 3.39. The van der Waals surface area contributed by atoms with Crippen LogP contribution in [0.3, 0.4) is 0 Å². The molecular weight excluding hydrogens is 366 g/mol. The number of carbonyl (C=O) groups is 1. The molecular formula is C23H19N3OS. The molecule has 2 aromatic carbocycles. The summed E-state index contributed by atoms with van der Waals surface area (Å²) in [6.07, 6.45) is 0.770. The van der Waals surface area contributed by atoms with E-state index < -0.39 is 0 Å². The molecule has 28 heavy (non-hydrogen) atoms. The maximum Gasteiger partial charge on any atom is 0.211 e. The van der Waals surface area contributed by atoms with Crippen LogP contribution in [0.5, 0.6) is 0 Å². The number of benzene rings is 2. The average molecular weight is 385 g/mol. The van der Waals surface area contributed by atoms with Crippen molar-refractivity contribution < 1.29 is 4.79 Å². The molecule has 0 atom stereocenters. The highest BCUT2D eigenvalue weighted by Gasteiger charge is 2.35. The van der Waals surface area contributed by atoms with Crippen LogP contribution in [-0.4, -0.2) is 20.5 Å². The lowest BCUT2D eigenvalue weighted by Gasteiger charge is -2.04. The van der Waals surface area contributed by atoms with Crippen molar-refractivity contribution in [3.8, 4) is 27.6 Å². The molecule has 5 rings (SSSR count). The summed E-state index contributed by atoms with van der Waals surface area (Å²) in [5, 5.41) is 7.67. The van der Waals surface area contributed by atoms with E-state index in [1.165, 1.54) is 0 Å². The summed E-state index contributed by atoms with van der Waals surface area (Å²) in [5.41, 5.74) is 6.19. The van der Waals surface area contributed by atoms with Gasteiger partial charge >= 0.3 is 0 Å². The predicted octanol–water partition coefficient (Wildman–Crippen LogP) is 5.41. The van der Waals surface area contributed by atoms with E-state index in [9.17, 15) is 4.79 Å². The highest BCUT2D eigenvalue weighted by Crippen LogP contribution is 2.41. The SMILES string of the molecule is CC(C)Cc1nn(-c2nc(-c3ccccc3)cs2)c2c1C(=O)c1ccccc1-2. The molecule has 0 aliphatic heterocycles. The van der Waals surface area contributed by atoms with Gasteiger partial charge in [-0.2, -0.15) is 5.10 Å². The van der Waals surface area contributed by atoms with Crippen LogP contribution in [0.4, 0.5) is 0 Å². The molecule has 5 heteroatoms. The van der Waals surface area contributed by atoms with Crippen LogP contribution in [0.2, 0.25) is 0 Å². The Morgan fingerprint density at radius 2 is 1.71 bits per heavy atom. The number of thiazole rings is 1. The lowest BCUT2D eigenvalue weighted by atomic mass is 10.0. The van der Waals surface area contributed by atoms with E-state index in [2.05, 4.69) is 26.0 Å². The zero-order valence-electron chi connectivity index (χ0n) is 15.7. The number of fused-ring (bicyclic) bond motifs is 3. The summed E-state index contributed by atoms with van der Waals surface area (Å²) in [7, 11) is 0. The molecule has 0 fully saturated rings. The van der Waals surface area contributed by atoms with Crippen molar-refractivity contribution in [1.82, 2.24) is 14.8 Å². The normalized spacial score (nSPS) is 12.5. The van der Waals surface area contributed by atoms with Gasteiger partial charge in [0.25, 0.3) is 0 Å². The summed E-state index contributed by atoms with van der Waals surface area (Å²) >= 11 is 1.55. The fourth-order valence-electron chi connectivity index (χ4n) is 3.74. The Kier molecular flexibility index (Phi) is 3.98. The van der Waals surface area contributed by atoms with Gasteiger partial charge in [0, 0.05) is 22.1 Å². The maximum atomic E-state index is 13.1. The molecule has 138 valence electrons. The van der Waals surface area contributed by atoms with E-state index in [4.69, 9.17) is 10.1 Å². The van der Waals surface area contributed by atoms with Crippen molar-refractivity contribution in [3.05, 3.63) is 76.8 Å². The third-order valence-electron chi connectivity index (χ3n) is 4.96. The highest BCUT2D eigenvalue weighted by atomic mass is 32.1. The van der Waals surface area contributed by atoms with Crippen LogP contribution >= 0.6 is 11.3 Å². The van der Waals surface area contributed by atoms with E-state index in [-0.39, 0.29) is 5.78 Å². The van der Waals surface area contributed by atoms with Gasteiger partial charge in [-0.1, -0.05) is 68.4 Å². The van der Waals surface area contributed by atoms with Gasteiger partial charge in [0.1, 0.15) is 0 Å². The monoisotopic (exact) mass is 385 g/mol. The number of aromatic nitrogens is 3. The Labute approximate surface area is 167 Å². The number of nitrogens with zero attached hydrogens (tertiary/aromatic N) is 3. The molecule has 0 radical (unpaired) electrons. The second-order valence-electron chi connectivity index (χ2n) is 7.44. The molecule has 0 saturated carbocycles. The standard InChI is InChI=1S/C23H19N3OS/c1-14(2)12-18-20-21(16-10-6-7-11-17(16)22(20)27)26(25-18)23-24-19(13-28-23)15-8-4-3-5-9-15/h3-11,13-14H,12H2,1-2H3. The Balaban J connectivity index is 1.69. The summed E-state index contributed by atoms with van der Waals surface area (Å²) in [6.45, 7) is 4.30. The van der Waals surface area contributed by atoms with Crippen LogP contribution in [0, 0.1) is 5.92 Å². The lowest BCUT2D eigenvalue weighted by Crippen LogP contribution is -2.04. The van der Waals surface area contributed by atoms with E-state index in [1.54, 1.807) is 11.3 Å². The molecule has 0 spiro atoms. The van der Waals surface area contributed by atoms with Crippen molar-refractivity contribution in [3.63, 3.8) is 0 Å². The van der Waals surface area contributed by atoms with Gasteiger partial charge in [-0.3, -0.25) is 4.79 Å². The zero-order valence-corrected chi connectivity index (χ0v) is 16.5. The summed E-state index contributed by atoms with van der Waals surface area (Å²) < 4.78 is 1.87. The van der Waals surface area contributed by atoms with Crippen molar-refractivity contribution in [1.29, 1.82) is 0 Å². The Morgan fingerprint density at radius 3 is 2.46 bits per heavy atom. The Morgan fingerprint density at radius 1 is 1.00 bits per heavy atom. The first-order valence-electron chi connectivity index (χ1n) is 9.41. The van der Waals surface area contributed by atoms with E-state index in [0.717, 1.165) is 50.9 Å². The fraction of sp³-hybridized carbons (Fsp3) is 0.174. The van der Waals surface area contributed by atoms with Gasteiger partial charge in [0.05, 0.1) is 22.6 Å². The predicted molar refractivity (Wildman–Crippen MR) is 112 cm³/mol. The number of hydrogen-bond donors (Lipinski definition) is 0. The van der Waals surface area contributed by atoms with Gasteiger partial charge < -0.3 is 0 Å². The number of rotatable bonds is 4. The van der Waals surface area contributed by atoms with Crippen molar-refractivity contribution in [2.75, 3.05) is 0 Å². The summed E-state index contributed by atoms with van der Waals surface area (Å²) in [4.78, 5) is 17.9. The molecule has 1 aliphatic carbocycles. The van der Waals surface area contributed by atoms with E-state index >= 15 is 0 Å². The number of carbonyl (C=O) groups excluding carboxylic acids is 1. The minimum Gasteiger partial charge on any atom is -0.288 e. The third-order valence-corrected chi connectivity index (χ3v) is 5.77. The maximum absolute atomic E-state index is 13.1. The zero-order chi connectivity index (χ0) is 19.3. The lowest BCUT2D eigenvalue weighted by molar-refractivity contribution is 0.104. The van der Waals surface area contributed by atoms with E-state index in [1.807, 2.05) is 52.5 Å². The number of ketones is 1. The van der Waals surface area contributed by atoms with Crippen molar-refractivity contribution in [2.24, 2.45) is 5.92 Å². The first-order valence-corrected chi connectivity index (χ1v) is 10.3.